The second kappa shape index (κ2) is 16.1. The summed E-state index contributed by atoms with van der Waals surface area (Å²) in [6, 6.07) is 17.7. The zero-order valence-corrected chi connectivity index (χ0v) is 26.4. The molecule has 0 saturated carbocycles. The number of aliphatic imine (C=N–C) groups is 1. The van der Waals surface area contributed by atoms with Gasteiger partial charge in [-0.2, -0.15) is 0 Å². The quantitative estimate of drug-likeness (QED) is 0.0646. The number of nitrogens with one attached hydrogen (secondary N) is 3. The highest BCUT2D eigenvalue weighted by molar-refractivity contribution is 6.34. The SMILES string of the molecule is C=Nc1cc(-c2ccc3c(ccn3C)c2)c(Cl)cc1NCOc1ccc(C)c(C(=O)NCCCCCCCCCNC)c1. The van der Waals surface area contributed by atoms with Crippen molar-refractivity contribution in [2.75, 3.05) is 32.2 Å². The summed E-state index contributed by atoms with van der Waals surface area (Å²) in [7, 11) is 4.03. The molecule has 1 aromatic heterocycles. The highest BCUT2D eigenvalue weighted by atomic mass is 35.5. The van der Waals surface area contributed by atoms with Gasteiger partial charge >= 0.3 is 0 Å². The van der Waals surface area contributed by atoms with E-state index in [1.54, 1.807) is 6.07 Å². The van der Waals surface area contributed by atoms with Gasteiger partial charge in [0.25, 0.3) is 5.91 Å². The smallest absolute Gasteiger partial charge is 0.251 e. The zero-order valence-electron chi connectivity index (χ0n) is 25.6. The van der Waals surface area contributed by atoms with Gasteiger partial charge in [-0.25, -0.2) is 0 Å². The molecule has 0 aliphatic carbocycles. The van der Waals surface area contributed by atoms with Gasteiger partial charge in [0, 0.05) is 41.8 Å². The van der Waals surface area contributed by atoms with Crippen molar-refractivity contribution in [3.63, 3.8) is 0 Å². The van der Waals surface area contributed by atoms with Crippen molar-refractivity contribution >= 4 is 46.5 Å². The van der Waals surface area contributed by atoms with E-state index in [4.69, 9.17) is 16.3 Å². The average molecular weight is 602 g/mol. The Hall–Kier alpha value is -3.81. The summed E-state index contributed by atoms with van der Waals surface area (Å²) in [5.41, 5.74) is 5.98. The van der Waals surface area contributed by atoms with Crippen LogP contribution in [0.4, 0.5) is 11.4 Å². The van der Waals surface area contributed by atoms with E-state index < -0.39 is 0 Å². The molecule has 8 heteroatoms. The number of aryl methyl sites for hydroxylation is 2. The maximum absolute atomic E-state index is 12.9. The molecule has 4 aromatic rings. The van der Waals surface area contributed by atoms with Crippen LogP contribution >= 0.6 is 11.6 Å². The third-order valence-corrected chi connectivity index (χ3v) is 8.11. The fourth-order valence-corrected chi connectivity index (χ4v) is 5.52. The van der Waals surface area contributed by atoms with Crippen LogP contribution in [0.3, 0.4) is 0 Å². The van der Waals surface area contributed by atoms with Crippen LogP contribution in [0.1, 0.15) is 60.9 Å². The maximum atomic E-state index is 12.9. The van der Waals surface area contributed by atoms with Crippen LogP contribution in [0.15, 0.2) is 65.8 Å². The number of fused-ring (bicyclic) bond motifs is 1. The molecule has 0 aliphatic heterocycles. The first kappa shape index (κ1) is 32.1. The number of carbonyl (C=O) groups is 1. The summed E-state index contributed by atoms with van der Waals surface area (Å²) in [5, 5.41) is 11.3. The third kappa shape index (κ3) is 8.85. The number of carbonyl (C=O) groups excluding carboxylic acids is 1. The Labute approximate surface area is 260 Å². The lowest BCUT2D eigenvalue weighted by molar-refractivity contribution is 0.0952. The Morgan fingerprint density at radius 3 is 2.44 bits per heavy atom. The molecule has 0 aliphatic rings. The molecular weight excluding hydrogens is 558 g/mol. The Morgan fingerprint density at radius 1 is 0.953 bits per heavy atom. The topological polar surface area (TPSA) is 79.7 Å². The van der Waals surface area contributed by atoms with Crippen LogP contribution < -0.4 is 20.7 Å². The maximum Gasteiger partial charge on any atom is 0.251 e. The molecule has 0 atom stereocenters. The number of hydrogen-bond donors (Lipinski definition) is 3. The molecule has 3 aromatic carbocycles. The van der Waals surface area contributed by atoms with Crippen molar-refractivity contribution in [2.24, 2.45) is 12.0 Å². The lowest BCUT2D eigenvalue weighted by atomic mass is 10.0. The van der Waals surface area contributed by atoms with Crippen LogP contribution in [0, 0.1) is 6.92 Å². The van der Waals surface area contributed by atoms with Crippen molar-refractivity contribution in [3.8, 4) is 16.9 Å². The van der Waals surface area contributed by atoms with Gasteiger partial charge in [0.05, 0.1) is 16.4 Å². The second-order valence-electron chi connectivity index (χ2n) is 11.0. The molecule has 3 N–H and O–H groups in total. The van der Waals surface area contributed by atoms with Gasteiger partial charge in [-0.1, -0.05) is 55.8 Å². The first-order chi connectivity index (χ1) is 20.9. The fourth-order valence-electron chi connectivity index (χ4n) is 5.25. The van der Waals surface area contributed by atoms with Crippen LogP contribution in [0.25, 0.3) is 22.0 Å². The van der Waals surface area contributed by atoms with Crippen LogP contribution in [-0.4, -0.2) is 44.1 Å². The van der Waals surface area contributed by atoms with E-state index in [1.165, 1.54) is 32.1 Å². The van der Waals surface area contributed by atoms with E-state index in [2.05, 4.69) is 56.5 Å². The summed E-state index contributed by atoms with van der Waals surface area (Å²) >= 11 is 6.72. The van der Waals surface area contributed by atoms with E-state index in [-0.39, 0.29) is 12.6 Å². The highest BCUT2D eigenvalue weighted by Crippen LogP contribution is 2.38. The third-order valence-electron chi connectivity index (χ3n) is 7.80. The number of amides is 1. The molecular formula is C35H44ClN5O2. The van der Waals surface area contributed by atoms with E-state index in [1.807, 2.05) is 51.5 Å². The second-order valence-corrected chi connectivity index (χ2v) is 11.4. The predicted molar refractivity (Wildman–Crippen MR) is 181 cm³/mol. The number of anilines is 1. The number of halogens is 1. The summed E-state index contributed by atoms with van der Waals surface area (Å²) in [6.07, 6.45) is 10.4. The van der Waals surface area contributed by atoms with E-state index in [9.17, 15) is 4.79 Å². The van der Waals surface area contributed by atoms with Gasteiger partial charge in [-0.15, -0.1) is 0 Å². The number of aromatic nitrogens is 1. The average Bonchev–Trinajstić information content (AvgIpc) is 3.38. The predicted octanol–water partition coefficient (Wildman–Crippen LogP) is 8.27. The molecule has 0 saturated heterocycles. The van der Waals surface area contributed by atoms with Crippen molar-refractivity contribution in [1.82, 2.24) is 15.2 Å². The number of benzene rings is 3. The Bertz CT molecular complexity index is 1530. The Balaban J connectivity index is 1.28. The van der Waals surface area contributed by atoms with Crippen molar-refractivity contribution in [1.29, 1.82) is 0 Å². The van der Waals surface area contributed by atoms with E-state index in [0.29, 0.717) is 34.3 Å². The Kier molecular flexibility index (Phi) is 12.1. The van der Waals surface area contributed by atoms with Gasteiger partial charge in [0.1, 0.15) is 5.75 Å². The number of ether oxygens (including phenoxy) is 1. The lowest BCUT2D eigenvalue weighted by Gasteiger charge is -2.15. The first-order valence-corrected chi connectivity index (χ1v) is 15.5. The zero-order chi connectivity index (χ0) is 30.6. The van der Waals surface area contributed by atoms with Gasteiger partial charge in [-0.3, -0.25) is 9.79 Å². The minimum Gasteiger partial charge on any atom is -0.473 e. The molecule has 43 heavy (non-hydrogen) atoms. The Morgan fingerprint density at radius 2 is 1.70 bits per heavy atom. The first-order valence-electron chi connectivity index (χ1n) is 15.2. The van der Waals surface area contributed by atoms with E-state index in [0.717, 1.165) is 47.0 Å². The van der Waals surface area contributed by atoms with Crippen LogP contribution in [-0.2, 0) is 7.05 Å². The number of rotatable bonds is 17. The number of hydrogen-bond acceptors (Lipinski definition) is 5. The van der Waals surface area contributed by atoms with Crippen molar-refractivity contribution in [2.45, 2.75) is 51.9 Å². The highest BCUT2D eigenvalue weighted by Gasteiger charge is 2.13. The monoisotopic (exact) mass is 601 g/mol. The lowest BCUT2D eigenvalue weighted by Crippen LogP contribution is -2.25. The largest absolute Gasteiger partial charge is 0.473 e. The summed E-state index contributed by atoms with van der Waals surface area (Å²) in [5.74, 6) is 0.533. The standard InChI is InChI=1S/C35H44ClN5O2/c1-25-12-14-28(21-29(25)35(42)39-18-11-9-7-5-6-8-10-17-37-2)43-24-40-33-23-31(36)30(22-32(33)38-3)26-13-15-34-27(20-26)16-19-41(34)4/h12-16,19-23,37,40H,3,5-11,17-18,24H2,1-2,4H3,(H,39,42). The minimum atomic E-state index is -0.0721. The molecule has 0 fully saturated rings. The molecule has 0 bridgehead atoms. The van der Waals surface area contributed by atoms with Crippen LogP contribution in [0.5, 0.6) is 5.75 Å². The molecule has 1 heterocycles. The van der Waals surface area contributed by atoms with Gasteiger partial charge in [0.15, 0.2) is 6.73 Å². The van der Waals surface area contributed by atoms with Gasteiger partial charge in [0.2, 0.25) is 0 Å². The minimum absolute atomic E-state index is 0.0721. The fraction of sp³-hybridized carbons (Fsp3) is 0.371. The molecule has 0 unspecified atom stereocenters. The number of nitrogens with zero attached hydrogens (tertiary/aromatic N) is 2. The summed E-state index contributed by atoms with van der Waals surface area (Å²) in [4.78, 5) is 17.1. The number of unbranched alkanes of at least 4 members (excludes halogenated alkanes) is 6. The van der Waals surface area contributed by atoms with Crippen molar-refractivity contribution in [3.05, 3.63) is 76.9 Å². The molecule has 1 amide bonds. The molecule has 4 rings (SSSR count). The summed E-state index contributed by atoms with van der Waals surface area (Å²) in [6.45, 7) is 7.64. The van der Waals surface area contributed by atoms with Crippen LogP contribution in [0.2, 0.25) is 5.02 Å². The van der Waals surface area contributed by atoms with E-state index >= 15 is 0 Å². The molecule has 0 spiro atoms. The van der Waals surface area contributed by atoms with Gasteiger partial charge in [-0.05, 0) is 93.7 Å². The van der Waals surface area contributed by atoms with Gasteiger partial charge < -0.3 is 25.3 Å². The molecule has 0 radical (unpaired) electrons. The molecule has 7 nitrogen and oxygen atoms in total. The normalized spacial score (nSPS) is 11.1. The molecule has 228 valence electrons. The van der Waals surface area contributed by atoms with Crippen molar-refractivity contribution < 1.29 is 9.53 Å². The summed E-state index contributed by atoms with van der Waals surface area (Å²) < 4.78 is 8.05.